The van der Waals surface area contributed by atoms with Gasteiger partial charge in [0.1, 0.15) is 5.82 Å². The van der Waals surface area contributed by atoms with E-state index in [1.54, 1.807) is 25.4 Å². The molecular weight excluding hydrogens is 290 g/mol. The van der Waals surface area contributed by atoms with Crippen molar-refractivity contribution in [2.75, 3.05) is 30.9 Å². The third-order valence-electron chi connectivity index (χ3n) is 3.47. The van der Waals surface area contributed by atoms with Crippen molar-refractivity contribution in [1.82, 2.24) is 4.98 Å². The Labute approximate surface area is 137 Å². The third-order valence-corrected chi connectivity index (χ3v) is 3.47. The molecule has 0 saturated heterocycles. The topological polar surface area (TPSA) is 63.2 Å². The van der Waals surface area contributed by atoms with Crippen LogP contribution in [-0.2, 0) is 4.74 Å². The number of ether oxygens (including phenoxy) is 1. The molecule has 2 aromatic rings. The van der Waals surface area contributed by atoms with Crippen LogP contribution in [0.1, 0.15) is 35.7 Å². The fraction of sp³-hybridized carbons (Fsp3) is 0.333. The van der Waals surface area contributed by atoms with E-state index >= 15 is 0 Å². The van der Waals surface area contributed by atoms with Gasteiger partial charge in [0.25, 0.3) is 5.91 Å². The van der Waals surface area contributed by atoms with Gasteiger partial charge in [-0.05, 0) is 29.7 Å². The highest BCUT2D eigenvalue weighted by atomic mass is 16.5. The molecule has 1 aromatic carbocycles. The van der Waals surface area contributed by atoms with Crippen LogP contribution in [0, 0.1) is 0 Å². The van der Waals surface area contributed by atoms with Gasteiger partial charge in [0.15, 0.2) is 0 Å². The summed E-state index contributed by atoms with van der Waals surface area (Å²) in [6.07, 6.45) is 1.62. The molecule has 0 fully saturated rings. The lowest BCUT2D eigenvalue weighted by atomic mass is 10.0. The Morgan fingerprint density at radius 1 is 1.26 bits per heavy atom. The van der Waals surface area contributed by atoms with Gasteiger partial charge < -0.3 is 15.4 Å². The van der Waals surface area contributed by atoms with Crippen LogP contribution in [0.2, 0.25) is 0 Å². The highest BCUT2D eigenvalue weighted by molar-refractivity contribution is 6.05. The summed E-state index contributed by atoms with van der Waals surface area (Å²) < 4.78 is 4.99. The number of rotatable bonds is 7. The third kappa shape index (κ3) is 4.79. The zero-order valence-corrected chi connectivity index (χ0v) is 13.8. The summed E-state index contributed by atoms with van der Waals surface area (Å²) in [6.45, 7) is 5.44. The second kappa shape index (κ2) is 8.29. The second-order valence-corrected chi connectivity index (χ2v) is 5.55. The normalized spacial score (nSPS) is 10.6. The molecule has 0 bridgehead atoms. The lowest BCUT2D eigenvalue weighted by molar-refractivity contribution is 0.102. The molecule has 0 atom stereocenters. The molecule has 2 rings (SSSR count). The Hall–Kier alpha value is -2.40. The van der Waals surface area contributed by atoms with Crippen LogP contribution in [0.4, 0.5) is 11.5 Å². The van der Waals surface area contributed by atoms with E-state index in [0.717, 1.165) is 11.3 Å². The Morgan fingerprint density at radius 2 is 2.04 bits per heavy atom. The van der Waals surface area contributed by atoms with Crippen molar-refractivity contribution in [2.45, 2.75) is 19.8 Å². The van der Waals surface area contributed by atoms with E-state index in [0.29, 0.717) is 30.5 Å². The number of carbonyl (C=O) groups is 1. The second-order valence-electron chi connectivity index (χ2n) is 5.55. The SMILES string of the molecule is COCCNc1cc(C(=O)Nc2ccccc2C(C)C)ccn1. The van der Waals surface area contributed by atoms with Crippen molar-refractivity contribution in [3.63, 3.8) is 0 Å². The number of amides is 1. The lowest BCUT2D eigenvalue weighted by Gasteiger charge is -2.14. The van der Waals surface area contributed by atoms with Crippen LogP contribution in [0.25, 0.3) is 0 Å². The first-order chi connectivity index (χ1) is 11.1. The number of anilines is 2. The molecule has 0 aliphatic rings. The van der Waals surface area contributed by atoms with E-state index in [9.17, 15) is 4.79 Å². The molecule has 23 heavy (non-hydrogen) atoms. The fourth-order valence-corrected chi connectivity index (χ4v) is 2.26. The number of benzene rings is 1. The molecule has 2 N–H and O–H groups in total. The predicted molar refractivity (Wildman–Crippen MR) is 93.1 cm³/mol. The number of hydrogen-bond acceptors (Lipinski definition) is 4. The summed E-state index contributed by atoms with van der Waals surface area (Å²) in [6, 6.07) is 11.3. The van der Waals surface area contributed by atoms with Gasteiger partial charge in [0, 0.05) is 31.1 Å². The van der Waals surface area contributed by atoms with E-state index in [1.165, 1.54) is 0 Å². The fourth-order valence-electron chi connectivity index (χ4n) is 2.26. The summed E-state index contributed by atoms with van der Waals surface area (Å²) in [4.78, 5) is 16.7. The van der Waals surface area contributed by atoms with Gasteiger partial charge in [-0.3, -0.25) is 4.79 Å². The van der Waals surface area contributed by atoms with Gasteiger partial charge in [-0.1, -0.05) is 32.0 Å². The first kappa shape index (κ1) is 17.0. The molecule has 1 aromatic heterocycles. The molecule has 5 nitrogen and oxygen atoms in total. The van der Waals surface area contributed by atoms with Crippen LogP contribution in [0.3, 0.4) is 0 Å². The predicted octanol–water partition coefficient (Wildman–Crippen LogP) is 3.52. The van der Waals surface area contributed by atoms with Crippen molar-refractivity contribution < 1.29 is 9.53 Å². The lowest BCUT2D eigenvalue weighted by Crippen LogP contribution is -2.15. The molecule has 0 spiro atoms. The number of aromatic nitrogens is 1. The molecule has 0 radical (unpaired) electrons. The summed E-state index contributed by atoms with van der Waals surface area (Å²) in [5, 5.41) is 6.10. The van der Waals surface area contributed by atoms with Crippen LogP contribution in [0.15, 0.2) is 42.6 Å². The molecule has 5 heteroatoms. The van der Waals surface area contributed by atoms with E-state index < -0.39 is 0 Å². The van der Waals surface area contributed by atoms with E-state index in [2.05, 4.69) is 29.5 Å². The summed E-state index contributed by atoms with van der Waals surface area (Å²) >= 11 is 0. The Morgan fingerprint density at radius 3 is 2.78 bits per heavy atom. The number of pyridine rings is 1. The van der Waals surface area contributed by atoms with E-state index in [4.69, 9.17) is 4.74 Å². The molecule has 0 unspecified atom stereocenters. The molecule has 122 valence electrons. The quantitative estimate of drug-likeness (QED) is 0.768. The highest BCUT2D eigenvalue weighted by Gasteiger charge is 2.11. The number of nitrogens with one attached hydrogen (secondary N) is 2. The van der Waals surface area contributed by atoms with Gasteiger partial charge >= 0.3 is 0 Å². The maximum Gasteiger partial charge on any atom is 0.255 e. The summed E-state index contributed by atoms with van der Waals surface area (Å²) in [7, 11) is 1.64. The standard InChI is InChI=1S/C18H23N3O2/c1-13(2)15-6-4-5-7-16(15)21-18(22)14-8-9-19-17(12-14)20-10-11-23-3/h4-9,12-13H,10-11H2,1-3H3,(H,19,20)(H,21,22). The minimum atomic E-state index is -0.143. The van der Waals surface area contributed by atoms with Crippen LogP contribution < -0.4 is 10.6 Å². The minimum Gasteiger partial charge on any atom is -0.383 e. The number of methoxy groups -OCH3 is 1. The van der Waals surface area contributed by atoms with Crippen LogP contribution in [-0.4, -0.2) is 31.2 Å². The van der Waals surface area contributed by atoms with Crippen molar-refractivity contribution in [2.24, 2.45) is 0 Å². The Bertz CT molecular complexity index is 656. The van der Waals surface area contributed by atoms with Gasteiger partial charge in [-0.15, -0.1) is 0 Å². The van der Waals surface area contributed by atoms with Gasteiger partial charge in [-0.25, -0.2) is 4.98 Å². The summed E-state index contributed by atoms with van der Waals surface area (Å²) in [5.41, 5.74) is 2.53. The van der Waals surface area contributed by atoms with Crippen LogP contribution >= 0.6 is 0 Å². The minimum absolute atomic E-state index is 0.143. The average Bonchev–Trinajstić information content (AvgIpc) is 2.55. The highest BCUT2D eigenvalue weighted by Crippen LogP contribution is 2.24. The number of hydrogen-bond donors (Lipinski definition) is 2. The Kier molecular flexibility index (Phi) is 6.11. The van der Waals surface area contributed by atoms with Crippen LogP contribution in [0.5, 0.6) is 0 Å². The van der Waals surface area contributed by atoms with Crippen molar-refractivity contribution in [1.29, 1.82) is 0 Å². The maximum absolute atomic E-state index is 12.5. The van der Waals surface area contributed by atoms with Crippen molar-refractivity contribution in [3.8, 4) is 0 Å². The summed E-state index contributed by atoms with van der Waals surface area (Å²) in [5.74, 6) is 0.859. The average molecular weight is 313 g/mol. The Balaban J connectivity index is 2.10. The zero-order chi connectivity index (χ0) is 16.7. The van der Waals surface area contributed by atoms with Crippen molar-refractivity contribution >= 4 is 17.4 Å². The van der Waals surface area contributed by atoms with E-state index in [-0.39, 0.29) is 5.91 Å². The zero-order valence-electron chi connectivity index (χ0n) is 13.8. The molecule has 0 aliphatic carbocycles. The van der Waals surface area contributed by atoms with Gasteiger partial charge in [-0.2, -0.15) is 0 Å². The van der Waals surface area contributed by atoms with Gasteiger partial charge in [0.05, 0.1) is 6.61 Å². The maximum atomic E-state index is 12.5. The molecule has 1 amide bonds. The number of carbonyl (C=O) groups excluding carboxylic acids is 1. The first-order valence-electron chi connectivity index (χ1n) is 7.71. The molecular formula is C18H23N3O2. The molecule has 1 heterocycles. The van der Waals surface area contributed by atoms with Gasteiger partial charge in [0.2, 0.25) is 0 Å². The smallest absolute Gasteiger partial charge is 0.255 e. The monoisotopic (exact) mass is 313 g/mol. The molecule has 0 saturated carbocycles. The molecule has 0 aliphatic heterocycles. The number of nitrogens with zero attached hydrogens (tertiary/aromatic N) is 1. The number of para-hydroxylation sites is 1. The van der Waals surface area contributed by atoms with Crippen molar-refractivity contribution in [3.05, 3.63) is 53.7 Å². The first-order valence-corrected chi connectivity index (χ1v) is 7.71. The largest absolute Gasteiger partial charge is 0.383 e. The van der Waals surface area contributed by atoms with E-state index in [1.807, 2.05) is 24.3 Å².